The Kier molecular flexibility index (Phi) is 8.29. The van der Waals surface area contributed by atoms with Gasteiger partial charge in [-0.05, 0) is 34.6 Å². The maximum absolute atomic E-state index is 12.1. The summed E-state index contributed by atoms with van der Waals surface area (Å²) in [4.78, 5) is 41.8. The number of hydroxylamine groups is 2. The maximum Gasteiger partial charge on any atom is 0.443 e. The molecule has 0 bridgehead atoms. The molecule has 8 heteroatoms. The Balaban J connectivity index is 4.88. The molecule has 0 atom stereocenters. The van der Waals surface area contributed by atoms with Crippen LogP contribution in [-0.4, -0.2) is 60.3 Å². The van der Waals surface area contributed by atoms with Crippen LogP contribution < -0.4 is 5.32 Å². The minimum atomic E-state index is -0.808. The molecular formula is C14H27N3O5. The van der Waals surface area contributed by atoms with E-state index in [2.05, 4.69) is 5.32 Å². The Bertz CT molecular complexity index is 388. The normalized spacial score (nSPS) is 10.6. The zero-order chi connectivity index (χ0) is 17.3. The van der Waals surface area contributed by atoms with Gasteiger partial charge in [0.1, 0.15) is 5.60 Å². The second kappa shape index (κ2) is 9.11. The molecule has 0 radical (unpaired) electrons. The topological polar surface area (TPSA) is 88.2 Å². The minimum Gasteiger partial charge on any atom is -0.442 e. The predicted molar refractivity (Wildman–Crippen MR) is 81.0 cm³/mol. The van der Waals surface area contributed by atoms with Crippen LogP contribution in [0.15, 0.2) is 0 Å². The second-order valence-corrected chi connectivity index (χ2v) is 5.54. The lowest BCUT2D eigenvalue weighted by Gasteiger charge is -2.27. The highest BCUT2D eigenvalue weighted by atomic mass is 16.8. The van der Waals surface area contributed by atoms with Crippen molar-refractivity contribution in [1.82, 2.24) is 15.3 Å². The van der Waals surface area contributed by atoms with E-state index < -0.39 is 17.8 Å². The summed E-state index contributed by atoms with van der Waals surface area (Å²) in [6.45, 7) is 9.53. The first-order valence-corrected chi connectivity index (χ1v) is 7.32. The Morgan fingerprint density at radius 3 is 2.00 bits per heavy atom. The van der Waals surface area contributed by atoms with Gasteiger partial charge in [0.2, 0.25) is 5.91 Å². The van der Waals surface area contributed by atoms with Crippen molar-refractivity contribution < 1.29 is 24.0 Å². The molecule has 0 aliphatic rings. The lowest BCUT2D eigenvalue weighted by molar-refractivity contribution is -0.128. The molecule has 8 nitrogen and oxygen atoms in total. The first kappa shape index (κ1) is 20.0. The number of hydrogen-bond acceptors (Lipinski definition) is 5. The van der Waals surface area contributed by atoms with Gasteiger partial charge in [0.05, 0.1) is 6.54 Å². The molecule has 22 heavy (non-hydrogen) atoms. The fraction of sp³-hybridized carbons (Fsp3) is 0.786. The van der Waals surface area contributed by atoms with Gasteiger partial charge in [-0.2, -0.15) is 0 Å². The van der Waals surface area contributed by atoms with Crippen LogP contribution in [0.4, 0.5) is 9.59 Å². The molecule has 0 spiro atoms. The summed E-state index contributed by atoms with van der Waals surface area (Å²) < 4.78 is 5.17. The minimum absolute atomic E-state index is 0.00126. The lowest BCUT2D eigenvalue weighted by atomic mass is 10.2. The molecule has 0 unspecified atom stereocenters. The summed E-state index contributed by atoms with van der Waals surface area (Å²) in [7, 11) is 1.49. The average Bonchev–Trinajstić information content (AvgIpc) is 2.42. The number of nitrogens with one attached hydrogen (secondary N) is 1. The van der Waals surface area contributed by atoms with Gasteiger partial charge in [-0.15, -0.1) is 5.06 Å². The van der Waals surface area contributed by atoms with Crippen LogP contribution in [0.3, 0.4) is 0 Å². The molecule has 0 aromatic carbocycles. The first-order valence-electron chi connectivity index (χ1n) is 7.32. The molecule has 0 aromatic heterocycles. The van der Waals surface area contributed by atoms with Gasteiger partial charge in [0, 0.05) is 26.6 Å². The van der Waals surface area contributed by atoms with Crippen LogP contribution in [0.25, 0.3) is 0 Å². The summed E-state index contributed by atoms with van der Waals surface area (Å²) in [6.07, 6.45) is -1.47. The molecule has 0 fully saturated rings. The molecule has 0 aromatic rings. The van der Waals surface area contributed by atoms with E-state index in [0.717, 1.165) is 5.06 Å². The van der Waals surface area contributed by atoms with Crippen LogP contribution >= 0.6 is 0 Å². The van der Waals surface area contributed by atoms with Crippen molar-refractivity contribution in [3.05, 3.63) is 0 Å². The summed E-state index contributed by atoms with van der Waals surface area (Å²) in [6, 6.07) is 0. The third-order valence-corrected chi connectivity index (χ3v) is 2.63. The molecule has 0 rings (SSSR count). The van der Waals surface area contributed by atoms with Gasteiger partial charge in [-0.3, -0.25) is 4.79 Å². The lowest BCUT2D eigenvalue weighted by Crippen LogP contribution is -2.43. The zero-order valence-electron chi connectivity index (χ0n) is 14.3. The fourth-order valence-electron chi connectivity index (χ4n) is 1.45. The smallest absolute Gasteiger partial charge is 0.442 e. The number of rotatable bonds is 5. The van der Waals surface area contributed by atoms with Crippen molar-refractivity contribution in [1.29, 1.82) is 0 Å². The van der Waals surface area contributed by atoms with Crippen LogP contribution in [0.1, 0.15) is 41.0 Å². The van der Waals surface area contributed by atoms with Gasteiger partial charge in [-0.1, -0.05) is 0 Å². The van der Waals surface area contributed by atoms with E-state index in [1.54, 1.807) is 34.6 Å². The molecule has 0 saturated carbocycles. The first-order chi connectivity index (χ1) is 10.1. The van der Waals surface area contributed by atoms with E-state index in [-0.39, 0.29) is 18.9 Å². The third-order valence-electron chi connectivity index (χ3n) is 2.63. The summed E-state index contributed by atoms with van der Waals surface area (Å²) in [5.74, 6) is -0.271. The van der Waals surface area contributed by atoms with Crippen molar-refractivity contribution in [2.75, 3.05) is 26.7 Å². The molecule has 1 N–H and O–H groups in total. The number of carbonyl (C=O) groups is 3. The summed E-state index contributed by atoms with van der Waals surface area (Å²) in [5.41, 5.74) is -0.732. The highest BCUT2D eigenvalue weighted by Gasteiger charge is 2.27. The van der Waals surface area contributed by atoms with E-state index >= 15 is 0 Å². The van der Waals surface area contributed by atoms with Gasteiger partial charge in [0.25, 0.3) is 0 Å². The number of nitrogens with zero attached hydrogens (tertiary/aromatic N) is 2. The standard InChI is InChI=1S/C14H27N3O5/c1-7-16(8-2)12(19)22-17(10-9-11(18)15-6)13(20)21-14(3,4)5/h7-10H2,1-6H3,(H,15,18). The van der Waals surface area contributed by atoms with E-state index in [1.807, 2.05) is 0 Å². The molecule has 0 aliphatic heterocycles. The average molecular weight is 317 g/mol. The van der Waals surface area contributed by atoms with Crippen molar-refractivity contribution in [2.45, 2.75) is 46.6 Å². The highest BCUT2D eigenvalue weighted by Crippen LogP contribution is 2.11. The third kappa shape index (κ3) is 7.70. The van der Waals surface area contributed by atoms with E-state index in [4.69, 9.17) is 9.57 Å². The van der Waals surface area contributed by atoms with Gasteiger partial charge >= 0.3 is 12.2 Å². The molecule has 128 valence electrons. The van der Waals surface area contributed by atoms with E-state index in [1.165, 1.54) is 11.9 Å². The number of ether oxygens (including phenoxy) is 1. The van der Waals surface area contributed by atoms with Crippen LogP contribution in [0.5, 0.6) is 0 Å². The van der Waals surface area contributed by atoms with Crippen LogP contribution in [0.2, 0.25) is 0 Å². The fourth-order valence-corrected chi connectivity index (χ4v) is 1.45. The molecule has 0 aliphatic carbocycles. The Hall–Kier alpha value is -1.99. The number of carbonyl (C=O) groups excluding carboxylic acids is 3. The van der Waals surface area contributed by atoms with Crippen LogP contribution in [0, 0.1) is 0 Å². The van der Waals surface area contributed by atoms with E-state index in [9.17, 15) is 14.4 Å². The predicted octanol–water partition coefficient (Wildman–Crippen LogP) is 1.75. The van der Waals surface area contributed by atoms with Crippen molar-refractivity contribution >= 4 is 18.1 Å². The Labute approximate surface area is 131 Å². The summed E-state index contributed by atoms with van der Waals surface area (Å²) >= 11 is 0. The van der Waals surface area contributed by atoms with Crippen molar-refractivity contribution in [3.63, 3.8) is 0 Å². The largest absolute Gasteiger partial charge is 0.443 e. The van der Waals surface area contributed by atoms with Crippen molar-refractivity contribution in [3.8, 4) is 0 Å². The zero-order valence-corrected chi connectivity index (χ0v) is 14.3. The molecule has 0 heterocycles. The van der Waals surface area contributed by atoms with Gasteiger partial charge in [0.15, 0.2) is 0 Å². The Morgan fingerprint density at radius 2 is 1.59 bits per heavy atom. The SMILES string of the molecule is CCN(CC)C(=O)ON(CCC(=O)NC)C(=O)OC(C)(C)C. The molecule has 0 saturated heterocycles. The van der Waals surface area contributed by atoms with E-state index in [0.29, 0.717) is 13.1 Å². The van der Waals surface area contributed by atoms with Crippen LogP contribution in [-0.2, 0) is 14.4 Å². The quantitative estimate of drug-likeness (QED) is 0.780. The molecular weight excluding hydrogens is 290 g/mol. The number of hydrogen-bond donors (Lipinski definition) is 1. The number of amides is 3. The van der Waals surface area contributed by atoms with Crippen molar-refractivity contribution in [2.24, 2.45) is 0 Å². The monoisotopic (exact) mass is 317 g/mol. The molecule has 3 amide bonds. The maximum atomic E-state index is 12.1. The Morgan fingerprint density at radius 1 is 1.05 bits per heavy atom. The highest BCUT2D eigenvalue weighted by molar-refractivity contribution is 5.77. The summed E-state index contributed by atoms with van der Waals surface area (Å²) in [5, 5.41) is 3.22. The van der Waals surface area contributed by atoms with Gasteiger partial charge in [-0.25, -0.2) is 9.59 Å². The second-order valence-electron chi connectivity index (χ2n) is 5.54. The van der Waals surface area contributed by atoms with Gasteiger partial charge < -0.3 is 19.8 Å².